The van der Waals surface area contributed by atoms with Crippen LogP contribution in [0.3, 0.4) is 0 Å². The molecule has 21 heavy (non-hydrogen) atoms. The van der Waals surface area contributed by atoms with Crippen molar-refractivity contribution in [2.45, 2.75) is 31.8 Å². The highest BCUT2D eigenvalue weighted by Gasteiger charge is 2.18. The summed E-state index contributed by atoms with van der Waals surface area (Å²) in [5.74, 6) is 0.0616. The van der Waals surface area contributed by atoms with Gasteiger partial charge in [-0.2, -0.15) is 0 Å². The van der Waals surface area contributed by atoms with Crippen LogP contribution in [0.25, 0.3) is 0 Å². The number of carbonyl (C=O) groups is 1. The van der Waals surface area contributed by atoms with Crippen molar-refractivity contribution in [3.05, 3.63) is 24.3 Å². The van der Waals surface area contributed by atoms with E-state index in [4.69, 9.17) is 10.5 Å². The standard InChI is InChI=1S/C16H25N3O2/c1-21-15-8-11-19(12-9-15)10-2-3-16(20)18-14-6-4-13(17)5-7-14/h4-7,15H,2-3,8-12,17H2,1H3,(H,18,20). The number of nitrogens with two attached hydrogens (primary N) is 1. The van der Waals surface area contributed by atoms with Crippen LogP contribution in [0.2, 0.25) is 0 Å². The van der Waals surface area contributed by atoms with Crippen LogP contribution in [0, 0.1) is 0 Å². The maximum absolute atomic E-state index is 11.9. The van der Waals surface area contributed by atoms with E-state index < -0.39 is 0 Å². The van der Waals surface area contributed by atoms with Crippen LogP contribution in [0.15, 0.2) is 24.3 Å². The predicted molar refractivity (Wildman–Crippen MR) is 85.2 cm³/mol. The van der Waals surface area contributed by atoms with Crippen molar-refractivity contribution in [1.29, 1.82) is 0 Å². The number of ether oxygens (including phenoxy) is 1. The maximum atomic E-state index is 11.9. The first-order valence-electron chi connectivity index (χ1n) is 7.58. The van der Waals surface area contributed by atoms with E-state index >= 15 is 0 Å². The number of piperidine rings is 1. The lowest BCUT2D eigenvalue weighted by molar-refractivity contribution is -0.116. The summed E-state index contributed by atoms with van der Waals surface area (Å²) in [6.07, 6.45) is 4.03. The van der Waals surface area contributed by atoms with Crippen LogP contribution >= 0.6 is 0 Å². The SMILES string of the molecule is COC1CCN(CCCC(=O)Nc2ccc(N)cc2)CC1. The average Bonchev–Trinajstić information content (AvgIpc) is 2.50. The summed E-state index contributed by atoms with van der Waals surface area (Å²) in [6, 6.07) is 7.22. The van der Waals surface area contributed by atoms with Crippen molar-refractivity contribution in [3.63, 3.8) is 0 Å². The fraction of sp³-hybridized carbons (Fsp3) is 0.562. The normalized spacial score (nSPS) is 16.8. The smallest absolute Gasteiger partial charge is 0.224 e. The molecule has 5 nitrogen and oxygen atoms in total. The number of nitrogens with zero attached hydrogens (tertiary/aromatic N) is 1. The number of amides is 1. The molecule has 1 aliphatic heterocycles. The second-order valence-electron chi connectivity index (χ2n) is 5.55. The molecule has 1 amide bonds. The Morgan fingerprint density at radius 2 is 2.00 bits per heavy atom. The van der Waals surface area contributed by atoms with Gasteiger partial charge >= 0.3 is 0 Å². The Balaban J connectivity index is 1.62. The lowest BCUT2D eigenvalue weighted by atomic mass is 10.1. The molecule has 0 aliphatic carbocycles. The van der Waals surface area contributed by atoms with Gasteiger partial charge in [0.15, 0.2) is 0 Å². The van der Waals surface area contributed by atoms with Crippen molar-refractivity contribution in [2.75, 3.05) is 37.8 Å². The first-order valence-corrected chi connectivity index (χ1v) is 7.58. The molecular weight excluding hydrogens is 266 g/mol. The highest BCUT2D eigenvalue weighted by atomic mass is 16.5. The number of carbonyl (C=O) groups excluding carboxylic acids is 1. The summed E-state index contributed by atoms with van der Waals surface area (Å²) < 4.78 is 5.36. The molecule has 1 heterocycles. The molecule has 0 unspecified atom stereocenters. The molecule has 2 rings (SSSR count). The summed E-state index contributed by atoms with van der Waals surface area (Å²) in [5, 5.41) is 2.89. The van der Waals surface area contributed by atoms with E-state index in [2.05, 4.69) is 10.2 Å². The molecule has 3 N–H and O–H groups in total. The number of hydrogen-bond acceptors (Lipinski definition) is 4. The fourth-order valence-electron chi connectivity index (χ4n) is 2.62. The van der Waals surface area contributed by atoms with E-state index in [9.17, 15) is 4.79 Å². The molecule has 1 fully saturated rings. The summed E-state index contributed by atoms with van der Waals surface area (Å²) in [4.78, 5) is 14.3. The van der Waals surface area contributed by atoms with Gasteiger partial charge in [0.1, 0.15) is 0 Å². The lowest BCUT2D eigenvalue weighted by Crippen LogP contribution is -2.37. The Labute approximate surface area is 126 Å². The van der Waals surface area contributed by atoms with Crippen LogP contribution in [0.1, 0.15) is 25.7 Å². The molecule has 0 bridgehead atoms. The lowest BCUT2D eigenvalue weighted by Gasteiger charge is -2.31. The molecule has 1 aromatic carbocycles. The zero-order valence-electron chi connectivity index (χ0n) is 12.7. The zero-order valence-corrected chi connectivity index (χ0v) is 12.7. The Hall–Kier alpha value is -1.59. The number of anilines is 2. The summed E-state index contributed by atoms with van der Waals surface area (Å²) >= 11 is 0. The van der Waals surface area contributed by atoms with Crippen LogP contribution < -0.4 is 11.1 Å². The quantitative estimate of drug-likeness (QED) is 0.788. The molecule has 0 atom stereocenters. The number of methoxy groups -OCH3 is 1. The van der Waals surface area contributed by atoms with Crippen LogP contribution in [-0.4, -0.2) is 43.7 Å². The highest BCUT2D eigenvalue weighted by Crippen LogP contribution is 2.14. The van der Waals surface area contributed by atoms with Crippen molar-refractivity contribution < 1.29 is 9.53 Å². The number of nitrogen functional groups attached to an aromatic ring is 1. The van der Waals surface area contributed by atoms with Crippen molar-refractivity contribution in [3.8, 4) is 0 Å². The third-order valence-corrected chi connectivity index (χ3v) is 3.94. The number of benzene rings is 1. The second-order valence-corrected chi connectivity index (χ2v) is 5.55. The van der Waals surface area contributed by atoms with E-state index in [0.717, 1.165) is 44.6 Å². The first-order chi connectivity index (χ1) is 10.2. The summed E-state index contributed by atoms with van der Waals surface area (Å²) in [5.41, 5.74) is 7.12. The minimum absolute atomic E-state index is 0.0616. The van der Waals surface area contributed by atoms with Gasteiger partial charge in [-0.15, -0.1) is 0 Å². The molecule has 1 aromatic rings. The Morgan fingerprint density at radius 3 is 2.62 bits per heavy atom. The largest absolute Gasteiger partial charge is 0.399 e. The molecule has 0 radical (unpaired) electrons. The Kier molecular flexibility index (Phi) is 6.02. The van der Waals surface area contributed by atoms with Gasteiger partial charge < -0.3 is 20.7 Å². The molecule has 0 aromatic heterocycles. The highest BCUT2D eigenvalue weighted by molar-refractivity contribution is 5.90. The van der Waals surface area contributed by atoms with Crippen molar-refractivity contribution in [2.24, 2.45) is 0 Å². The van der Waals surface area contributed by atoms with E-state index in [0.29, 0.717) is 18.2 Å². The topological polar surface area (TPSA) is 67.6 Å². The van der Waals surface area contributed by atoms with Crippen molar-refractivity contribution >= 4 is 17.3 Å². The van der Waals surface area contributed by atoms with Gasteiger partial charge in [-0.3, -0.25) is 4.79 Å². The molecule has 116 valence electrons. The van der Waals surface area contributed by atoms with E-state index in [1.54, 1.807) is 19.2 Å². The summed E-state index contributed by atoms with van der Waals surface area (Å²) in [7, 11) is 1.78. The zero-order chi connectivity index (χ0) is 15.1. The molecule has 1 aliphatic rings. The molecule has 1 saturated heterocycles. The Morgan fingerprint density at radius 1 is 1.33 bits per heavy atom. The van der Waals surface area contributed by atoms with E-state index in [-0.39, 0.29) is 5.91 Å². The molecular formula is C16H25N3O2. The predicted octanol–water partition coefficient (Wildman–Crippen LogP) is 2.10. The molecule has 0 saturated carbocycles. The number of hydrogen-bond donors (Lipinski definition) is 2. The van der Waals surface area contributed by atoms with Crippen molar-refractivity contribution in [1.82, 2.24) is 4.90 Å². The van der Waals surface area contributed by atoms with Gasteiger partial charge in [0.05, 0.1) is 6.10 Å². The Bertz CT molecular complexity index is 439. The maximum Gasteiger partial charge on any atom is 0.224 e. The number of likely N-dealkylation sites (tertiary alicyclic amines) is 1. The molecule has 5 heteroatoms. The van der Waals surface area contributed by atoms with Gasteiger partial charge in [0.2, 0.25) is 5.91 Å². The van der Waals surface area contributed by atoms with Crippen LogP contribution in [0.5, 0.6) is 0 Å². The molecule has 0 spiro atoms. The van der Waals surface area contributed by atoms with E-state index in [1.165, 1.54) is 0 Å². The third-order valence-electron chi connectivity index (χ3n) is 3.94. The number of rotatable bonds is 6. The first kappa shape index (κ1) is 15.8. The minimum atomic E-state index is 0.0616. The van der Waals surface area contributed by atoms with Gasteiger partial charge in [0.25, 0.3) is 0 Å². The second kappa shape index (κ2) is 8.00. The van der Waals surface area contributed by atoms with Gasteiger partial charge in [0, 0.05) is 38.0 Å². The van der Waals surface area contributed by atoms with Crippen LogP contribution in [0.4, 0.5) is 11.4 Å². The van der Waals surface area contributed by atoms with E-state index in [1.807, 2.05) is 12.1 Å². The summed E-state index contributed by atoms with van der Waals surface area (Å²) in [6.45, 7) is 3.11. The van der Waals surface area contributed by atoms with Gasteiger partial charge in [-0.05, 0) is 50.1 Å². The fourth-order valence-corrected chi connectivity index (χ4v) is 2.62. The third kappa shape index (κ3) is 5.36. The number of nitrogens with one attached hydrogen (secondary N) is 1. The van der Waals surface area contributed by atoms with Gasteiger partial charge in [-0.25, -0.2) is 0 Å². The average molecular weight is 291 g/mol. The van der Waals surface area contributed by atoms with Gasteiger partial charge in [-0.1, -0.05) is 0 Å². The minimum Gasteiger partial charge on any atom is -0.399 e. The monoisotopic (exact) mass is 291 g/mol. The van der Waals surface area contributed by atoms with Crippen LogP contribution in [-0.2, 0) is 9.53 Å².